The molecule has 9 heteroatoms. The predicted octanol–water partition coefficient (Wildman–Crippen LogP) is 3.50. The van der Waals surface area contributed by atoms with Crippen LogP contribution in [0.5, 0.6) is 11.6 Å². The first-order valence-electron chi connectivity index (χ1n) is 10.2. The van der Waals surface area contributed by atoms with Gasteiger partial charge in [0.05, 0.1) is 35.9 Å². The normalized spacial score (nSPS) is 16.2. The molecule has 4 heterocycles. The Morgan fingerprint density at radius 3 is 2.65 bits per heavy atom. The molecule has 1 fully saturated rings. The van der Waals surface area contributed by atoms with Gasteiger partial charge in [-0.3, -0.25) is 4.79 Å². The van der Waals surface area contributed by atoms with Gasteiger partial charge in [-0.25, -0.2) is 9.37 Å². The SMILES string of the molecule is O=C(c1cccs1)N1CCc2nc(N3CCOCC3)nc(Oc3ccc(F)cc3)c2C1. The number of hydrogen-bond donors (Lipinski definition) is 0. The minimum atomic E-state index is -0.334. The third-order valence-corrected chi connectivity index (χ3v) is 6.21. The number of carbonyl (C=O) groups is 1. The molecule has 7 nitrogen and oxygen atoms in total. The maximum Gasteiger partial charge on any atom is 0.264 e. The number of hydrogen-bond acceptors (Lipinski definition) is 7. The number of rotatable bonds is 4. The van der Waals surface area contributed by atoms with Crippen LogP contribution in [-0.2, 0) is 17.7 Å². The molecule has 5 rings (SSSR count). The molecule has 0 bridgehead atoms. The molecule has 31 heavy (non-hydrogen) atoms. The standard InChI is InChI=1S/C22H21FN4O3S/c23-15-3-5-16(6-4-15)30-20-17-14-27(21(28)19-2-1-13-31-19)8-7-18(17)24-22(25-20)26-9-11-29-12-10-26/h1-6,13H,7-12,14H2. The average molecular weight is 441 g/mol. The zero-order valence-corrected chi connectivity index (χ0v) is 17.6. The zero-order valence-electron chi connectivity index (χ0n) is 16.8. The van der Waals surface area contributed by atoms with E-state index in [2.05, 4.69) is 4.90 Å². The molecule has 160 valence electrons. The fourth-order valence-electron chi connectivity index (χ4n) is 3.70. The summed E-state index contributed by atoms with van der Waals surface area (Å²) in [6.07, 6.45) is 0.617. The lowest BCUT2D eigenvalue weighted by Crippen LogP contribution is -2.39. The first kappa shape index (κ1) is 19.9. The molecular weight excluding hydrogens is 419 g/mol. The maximum absolute atomic E-state index is 13.3. The van der Waals surface area contributed by atoms with Crippen LogP contribution in [0.3, 0.4) is 0 Å². The minimum absolute atomic E-state index is 0.00867. The van der Waals surface area contributed by atoms with Gasteiger partial charge in [0.2, 0.25) is 11.8 Å². The van der Waals surface area contributed by atoms with Gasteiger partial charge < -0.3 is 19.3 Å². The van der Waals surface area contributed by atoms with Crippen LogP contribution in [0.15, 0.2) is 41.8 Å². The fourth-order valence-corrected chi connectivity index (χ4v) is 4.40. The van der Waals surface area contributed by atoms with Crippen LogP contribution in [0.2, 0.25) is 0 Å². The number of anilines is 1. The van der Waals surface area contributed by atoms with Crippen molar-refractivity contribution in [3.8, 4) is 11.6 Å². The first-order chi connectivity index (χ1) is 15.2. The lowest BCUT2D eigenvalue weighted by Gasteiger charge is -2.31. The highest BCUT2D eigenvalue weighted by Gasteiger charge is 2.29. The van der Waals surface area contributed by atoms with Gasteiger partial charge in [-0.2, -0.15) is 4.98 Å². The molecule has 0 unspecified atom stereocenters. The largest absolute Gasteiger partial charge is 0.438 e. The van der Waals surface area contributed by atoms with E-state index in [1.807, 2.05) is 17.5 Å². The summed E-state index contributed by atoms with van der Waals surface area (Å²) in [5.41, 5.74) is 1.67. The Labute approximate surface area is 183 Å². The topological polar surface area (TPSA) is 67.8 Å². The summed E-state index contributed by atoms with van der Waals surface area (Å²) in [6, 6.07) is 9.52. The van der Waals surface area contributed by atoms with Crippen LogP contribution in [0, 0.1) is 5.82 Å². The number of ether oxygens (including phenoxy) is 2. The molecule has 2 aliphatic rings. The van der Waals surface area contributed by atoms with Crippen molar-refractivity contribution in [3.63, 3.8) is 0 Å². The van der Waals surface area contributed by atoms with Crippen molar-refractivity contribution in [3.05, 3.63) is 63.7 Å². The second-order valence-corrected chi connectivity index (χ2v) is 8.31. The van der Waals surface area contributed by atoms with E-state index in [0.29, 0.717) is 68.3 Å². The molecule has 1 aromatic carbocycles. The Kier molecular flexibility index (Phi) is 5.52. The van der Waals surface area contributed by atoms with E-state index in [-0.39, 0.29) is 11.7 Å². The summed E-state index contributed by atoms with van der Waals surface area (Å²) in [7, 11) is 0. The minimum Gasteiger partial charge on any atom is -0.438 e. The summed E-state index contributed by atoms with van der Waals surface area (Å²) in [6.45, 7) is 3.61. The fraction of sp³-hybridized carbons (Fsp3) is 0.318. The Balaban J connectivity index is 1.49. The van der Waals surface area contributed by atoms with Crippen LogP contribution >= 0.6 is 11.3 Å². The lowest BCUT2D eigenvalue weighted by molar-refractivity contribution is 0.0736. The molecule has 0 N–H and O–H groups in total. The summed E-state index contributed by atoms with van der Waals surface area (Å²) < 4.78 is 24.8. The van der Waals surface area contributed by atoms with Crippen molar-refractivity contribution >= 4 is 23.2 Å². The number of amides is 1. The first-order valence-corrected chi connectivity index (χ1v) is 11.0. The molecule has 0 radical (unpaired) electrons. The van der Waals surface area contributed by atoms with E-state index < -0.39 is 0 Å². The summed E-state index contributed by atoms with van der Waals surface area (Å²) >= 11 is 1.43. The van der Waals surface area contributed by atoms with E-state index in [0.717, 1.165) is 11.3 Å². The highest BCUT2D eigenvalue weighted by atomic mass is 32.1. The van der Waals surface area contributed by atoms with E-state index in [1.54, 1.807) is 17.0 Å². The monoisotopic (exact) mass is 440 g/mol. The third kappa shape index (κ3) is 4.24. The number of carbonyl (C=O) groups excluding carboxylic acids is 1. The zero-order chi connectivity index (χ0) is 21.2. The quantitative estimate of drug-likeness (QED) is 0.619. The molecule has 0 atom stereocenters. The van der Waals surface area contributed by atoms with Gasteiger partial charge in [-0.1, -0.05) is 6.07 Å². The van der Waals surface area contributed by atoms with Crippen LogP contribution < -0.4 is 9.64 Å². The molecule has 3 aromatic rings. The van der Waals surface area contributed by atoms with Crippen molar-refractivity contribution < 1.29 is 18.7 Å². The van der Waals surface area contributed by atoms with Crippen LogP contribution in [-0.4, -0.2) is 53.6 Å². The van der Waals surface area contributed by atoms with Crippen LogP contribution in [0.25, 0.3) is 0 Å². The van der Waals surface area contributed by atoms with E-state index in [1.165, 1.54) is 23.5 Å². The number of aromatic nitrogens is 2. The summed E-state index contributed by atoms with van der Waals surface area (Å²) in [5, 5.41) is 1.89. The van der Waals surface area contributed by atoms with Crippen LogP contribution in [0.4, 0.5) is 10.3 Å². The maximum atomic E-state index is 13.3. The predicted molar refractivity (Wildman–Crippen MR) is 114 cm³/mol. The van der Waals surface area contributed by atoms with Gasteiger partial charge in [0.15, 0.2) is 0 Å². The van der Waals surface area contributed by atoms with E-state index in [9.17, 15) is 9.18 Å². The van der Waals surface area contributed by atoms with Crippen molar-refractivity contribution in [2.75, 3.05) is 37.7 Å². The van der Waals surface area contributed by atoms with E-state index in [4.69, 9.17) is 19.4 Å². The molecule has 0 spiro atoms. The van der Waals surface area contributed by atoms with Crippen molar-refractivity contribution in [1.29, 1.82) is 0 Å². The lowest BCUT2D eigenvalue weighted by atomic mass is 10.1. The Morgan fingerprint density at radius 1 is 1.10 bits per heavy atom. The molecular formula is C22H21FN4O3S. The summed E-state index contributed by atoms with van der Waals surface area (Å²) in [4.78, 5) is 26.9. The number of halogens is 1. The highest BCUT2D eigenvalue weighted by Crippen LogP contribution is 2.32. The van der Waals surface area contributed by atoms with Crippen molar-refractivity contribution in [1.82, 2.24) is 14.9 Å². The number of nitrogens with zero attached hydrogens (tertiary/aromatic N) is 4. The highest BCUT2D eigenvalue weighted by molar-refractivity contribution is 7.12. The Bertz CT molecular complexity index is 1070. The Morgan fingerprint density at radius 2 is 1.90 bits per heavy atom. The number of thiophene rings is 1. The van der Waals surface area contributed by atoms with Crippen LogP contribution in [0.1, 0.15) is 20.9 Å². The second kappa shape index (κ2) is 8.60. The molecule has 0 saturated carbocycles. The molecule has 1 saturated heterocycles. The van der Waals surface area contributed by atoms with Gasteiger partial charge in [0.1, 0.15) is 11.6 Å². The Hall–Kier alpha value is -3.04. The molecule has 0 aliphatic carbocycles. The van der Waals surface area contributed by atoms with Gasteiger partial charge in [0.25, 0.3) is 5.91 Å². The van der Waals surface area contributed by atoms with E-state index >= 15 is 0 Å². The average Bonchev–Trinajstić information content (AvgIpc) is 3.35. The second-order valence-electron chi connectivity index (χ2n) is 7.36. The third-order valence-electron chi connectivity index (χ3n) is 5.35. The van der Waals surface area contributed by atoms with Gasteiger partial charge in [-0.15, -0.1) is 11.3 Å². The van der Waals surface area contributed by atoms with Crippen molar-refractivity contribution in [2.45, 2.75) is 13.0 Å². The molecule has 2 aromatic heterocycles. The number of fused-ring (bicyclic) bond motifs is 1. The smallest absolute Gasteiger partial charge is 0.264 e. The van der Waals surface area contributed by atoms with Gasteiger partial charge in [0, 0.05) is 26.1 Å². The molecule has 2 aliphatic heterocycles. The summed E-state index contributed by atoms with van der Waals surface area (Å²) in [5.74, 6) is 1.14. The van der Waals surface area contributed by atoms with Crippen molar-refractivity contribution in [2.24, 2.45) is 0 Å². The molecule has 1 amide bonds. The number of benzene rings is 1. The number of morpholine rings is 1. The van der Waals surface area contributed by atoms with Gasteiger partial charge >= 0.3 is 0 Å². The van der Waals surface area contributed by atoms with Gasteiger partial charge in [-0.05, 0) is 35.7 Å².